The lowest BCUT2D eigenvalue weighted by atomic mass is 9.99. The number of nitrogens with one attached hydrogen (secondary N) is 1. The van der Waals surface area contributed by atoms with Gasteiger partial charge in [0, 0.05) is 29.8 Å². The van der Waals surface area contributed by atoms with Crippen LogP contribution in [0.15, 0.2) is 78.0 Å². The number of ketones is 1. The molecule has 3 aromatic carbocycles. The van der Waals surface area contributed by atoms with Crippen molar-refractivity contribution in [3.05, 3.63) is 95.3 Å². The molecule has 1 aromatic heterocycles. The summed E-state index contributed by atoms with van der Waals surface area (Å²) in [6.45, 7) is 2.56. The van der Waals surface area contributed by atoms with Gasteiger partial charge in [-0.05, 0) is 66.9 Å². The van der Waals surface area contributed by atoms with Gasteiger partial charge in [0.15, 0.2) is 10.9 Å². The minimum atomic E-state index is 0.00514. The largest absolute Gasteiger partial charge is 0.494 e. The number of carbonyl (C=O) groups excluding carboxylic acids is 2. The number of fused-ring (bicyclic) bond motifs is 1. The third kappa shape index (κ3) is 5.33. The molecule has 0 aliphatic carbocycles. The van der Waals surface area contributed by atoms with Gasteiger partial charge in [-0.25, -0.2) is 0 Å². The molecule has 0 bridgehead atoms. The summed E-state index contributed by atoms with van der Waals surface area (Å²) in [7, 11) is 0. The molecule has 1 amide bonds. The van der Waals surface area contributed by atoms with E-state index < -0.39 is 0 Å². The fourth-order valence-corrected chi connectivity index (χ4v) is 5.04. The Hall–Kier alpha value is -3.91. The normalized spacial score (nSPS) is 12.6. The van der Waals surface area contributed by atoms with Gasteiger partial charge in [0.2, 0.25) is 5.91 Å². The van der Waals surface area contributed by atoms with E-state index in [1.165, 1.54) is 11.8 Å². The van der Waals surface area contributed by atoms with E-state index in [1.807, 2.05) is 66.1 Å². The third-order valence-electron chi connectivity index (χ3n) is 5.97. The number of ether oxygens (including phenoxy) is 1. The molecule has 4 aromatic rings. The smallest absolute Gasteiger partial charge is 0.224 e. The van der Waals surface area contributed by atoms with Crippen LogP contribution in [0, 0.1) is 0 Å². The zero-order chi connectivity index (χ0) is 24.9. The second kappa shape index (κ2) is 10.8. The van der Waals surface area contributed by atoms with E-state index in [0.29, 0.717) is 36.6 Å². The topological polar surface area (TPSA) is 86.1 Å². The summed E-state index contributed by atoms with van der Waals surface area (Å²) in [5.41, 5.74) is 4.46. The lowest BCUT2D eigenvalue weighted by Crippen LogP contribution is -2.19. The first-order chi connectivity index (χ1) is 17.6. The summed E-state index contributed by atoms with van der Waals surface area (Å²) in [5.74, 6) is 1.84. The van der Waals surface area contributed by atoms with E-state index in [-0.39, 0.29) is 17.4 Å². The summed E-state index contributed by atoms with van der Waals surface area (Å²) in [6, 6.07) is 23.4. The average Bonchev–Trinajstić information content (AvgIpc) is 3.30. The number of anilines is 1. The van der Waals surface area contributed by atoms with Crippen LogP contribution < -0.4 is 10.1 Å². The van der Waals surface area contributed by atoms with E-state index in [2.05, 4.69) is 27.6 Å². The van der Waals surface area contributed by atoms with Crippen molar-refractivity contribution in [2.45, 2.75) is 31.3 Å². The number of amides is 1. The van der Waals surface area contributed by atoms with Crippen molar-refractivity contribution in [2.75, 3.05) is 17.7 Å². The highest BCUT2D eigenvalue weighted by molar-refractivity contribution is 7.99. The molecule has 0 saturated heterocycles. The number of benzene rings is 3. The van der Waals surface area contributed by atoms with Crippen LogP contribution in [0.5, 0.6) is 5.75 Å². The Balaban J connectivity index is 1.38. The van der Waals surface area contributed by atoms with Gasteiger partial charge in [0.05, 0.1) is 12.4 Å². The van der Waals surface area contributed by atoms with Crippen molar-refractivity contribution in [2.24, 2.45) is 0 Å². The second-order valence-corrected chi connectivity index (χ2v) is 9.40. The van der Waals surface area contributed by atoms with Crippen LogP contribution in [0.1, 0.15) is 40.7 Å². The number of rotatable bonds is 9. The monoisotopic (exact) mass is 498 g/mol. The van der Waals surface area contributed by atoms with E-state index in [9.17, 15) is 9.59 Å². The zero-order valence-electron chi connectivity index (χ0n) is 19.9. The van der Waals surface area contributed by atoms with Gasteiger partial charge < -0.3 is 10.1 Å². The van der Waals surface area contributed by atoms with E-state index >= 15 is 0 Å². The number of aromatic nitrogens is 3. The average molecular weight is 499 g/mol. The highest BCUT2D eigenvalue weighted by Gasteiger charge is 2.19. The molecule has 0 fully saturated rings. The minimum absolute atomic E-state index is 0.00514. The molecule has 5 rings (SSSR count). The van der Waals surface area contributed by atoms with Crippen LogP contribution in [0.2, 0.25) is 0 Å². The summed E-state index contributed by atoms with van der Waals surface area (Å²) in [5, 5.41) is 12.4. The molecular weight excluding hydrogens is 472 g/mol. The Bertz CT molecular complexity index is 1380. The quantitative estimate of drug-likeness (QED) is 0.255. The van der Waals surface area contributed by atoms with E-state index in [0.717, 1.165) is 34.1 Å². The van der Waals surface area contributed by atoms with E-state index in [4.69, 9.17) is 4.74 Å². The predicted molar refractivity (Wildman–Crippen MR) is 140 cm³/mol. The third-order valence-corrected chi connectivity index (χ3v) is 6.90. The molecular formula is C28H26N4O3S. The maximum Gasteiger partial charge on any atom is 0.224 e. The Morgan fingerprint density at radius 1 is 1.03 bits per heavy atom. The summed E-state index contributed by atoms with van der Waals surface area (Å²) < 4.78 is 7.60. The van der Waals surface area contributed by atoms with Crippen molar-refractivity contribution in [3.63, 3.8) is 0 Å². The number of carbonyl (C=O) groups is 2. The fraction of sp³-hybridized carbons (Fsp3) is 0.214. The fourth-order valence-electron chi connectivity index (χ4n) is 4.17. The molecule has 1 N–H and O–H groups in total. The maximum atomic E-state index is 13.0. The number of hydrogen-bond acceptors (Lipinski definition) is 6. The number of hydrogen-bond donors (Lipinski definition) is 1. The number of thioether (sulfide) groups is 1. The van der Waals surface area contributed by atoms with E-state index in [1.54, 1.807) is 6.07 Å². The molecule has 2 heterocycles. The molecule has 1 aliphatic heterocycles. The lowest BCUT2D eigenvalue weighted by Gasteiger charge is -2.17. The van der Waals surface area contributed by atoms with Crippen molar-refractivity contribution >= 4 is 29.1 Å². The van der Waals surface area contributed by atoms with Gasteiger partial charge in [-0.15, -0.1) is 10.2 Å². The molecule has 1 aliphatic rings. The first-order valence-electron chi connectivity index (χ1n) is 11.9. The maximum absolute atomic E-state index is 13.0. The first kappa shape index (κ1) is 23.8. The summed E-state index contributed by atoms with van der Waals surface area (Å²) in [4.78, 5) is 24.7. The number of Topliss-reactive ketones (excluding diaryl/α,β-unsaturated/α-hetero) is 1. The standard InChI is InChI=1S/C28H26N4O3S/c1-2-35-23-12-10-22(11-13-23)32-26(16-19-6-4-3-5-7-19)30-31-28(32)36-18-25(33)21-8-14-24-20(17-21)9-15-27(34)29-24/h3-8,10-14,17H,2,9,15-16,18H2,1H3,(H,29,34). The zero-order valence-corrected chi connectivity index (χ0v) is 20.8. The van der Waals surface area contributed by atoms with Gasteiger partial charge >= 0.3 is 0 Å². The van der Waals surface area contributed by atoms with Crippen molar-refractivity contribution in [3.8, 4) is 11.4 Å². The van der Waals surface area contributed by atoms with Crippen molar-refractivity contribution in [1.82, 2.24) is 14.8 Å². The van der Waals surface area contributed by atoms with Crippen molar-refractivity contribution < 1.29 is 14.3 Å². The van der Waals surface area contributed by atoms with Crippen LogP contribution in [-0.4, -0.2) is 38.8 Å². The lowest BCUT2D eigenvalue weighted by molar-refractivity contribution is -0.116. The van der Waals surface area contributed by atoms with Crippen LogP contribution in [0.3, 0.4) is 0 Å². The molecule has 0 spiro atoms. The Morgan fingerprint density at radius 3 is 2.61 bits per heavy atom. The first-order valence-corrected chi connectivity index (χ1v) is 12.9. The molecule has 36 heavy (non-hydrogen) atoms. The molecule has 0 radical (unpaired) electrons. The van der Waals surface area contributed by atoms with Crippen molar-refractivity contribution in [1.29, 1.82) is 0 Å². The molecule has 0 saturated carbocycles. The Morgan fingerprint density at radius 2 is 1.83 bits per heavy atom. The van der Waals surface area contributed by atoms with Crippen LogP contribution >= 0.6 is 11.8 Å². The van der Waals surface area contributed by atoms with Crippen LogP contribution in [0.4, 0.5) is 5.69 Å². The molecule has 0 atom stereocenters. The SMILES string of the molecule is CCOc1ccc(-n2c(Cc3ccccc3)nnc2SCC(=O)c2ccc3c(c2)CCC(=O)N3)cc1. The highest BCUT2D eigenvalue weighted by Crippen LogP contribution is 2.27. The predicted octanol–water partition coefficient (Wildman–Crippen LogP) is 5.12. The second-order valence-electron chi connectivity index (χ2n) is 8.46. The number of aryl methyl sites for hydroxylation is 1. The summed E-state index contributed by atoms with van der Waals surface area (Å²) in [6.07, 6.45) is 1.70. The van der Waals surface area contributed by atoms with Crippen LogP contribution in [-0.2, 0) is 17.6 Å². The number of nitrogens with zero attached hydrogens (tertiary/aromatic N) is 3. The van der Waals surface area contributed by atoms with Gasteiger partial charge in [0.25, 0.3) is 0 Å². The van der Waals surface area contributed by atoms with Gasteiger partial charge in [-0.2, -0.15) is 0 Å². The Labute approximate surface area is 213 Å². The molecule has 0 unspecified atom stereocenters. The minimum Gasteiger partial charge on any atom is -0.494 e. The molecule has 182 valence electrons. The highest BCUT2D eigenvalue weighted by atomic mass is 32.2. The molecule has 8 heteroatoms. The van der Waals surface area contributed by atoms with Gasteiger partial charge in [-0.3, -0.25) is 14.2 Å². The summed E-state index contributed by atoms with van der Waals surface area (Å²) >= 11 is 1.37. The Kier molecular flexibility index (Phi) is 7.13. The van der Waals surface area contributed by atoms with Crippen LogP contribution in [0.25, 0.3) is 5.69 Å². The van der Waals surface area contributed by atoms with Gasteiger partial charge in [-0.1, -0.05) is 42.1 Å². The van der Waals surface area contributed by atoms with Gasteiger partial charge in [0.1, 0.15) is 11.6 Å². The molecule has 7 nitrogen and oxygen atoms in total.